The smallest absolute Gasteiger partial charge is 0.351 e. The van der Waals surface area contributed by atoms with E-state index in [9.17, 15) is 4.79 Å². The maximum Gasteiger partial charge on any atom is 0.351 e. The predicted octanol–water partition coefficient (Wildman–Crippen LogP) is 6.27. The van der Waals surface area contributed by atoms with Gasteiger partial charge in [0.25, 0.3) is 5.00 Å². The van der Waals surface area contributed by atoms with E-state index in [-0.39, 0.29) is 34.7 Å². The Kier molecular flexibility index (Phi) is 7.39. The molecule has 0 aliphatic carbocycles. The lowest BCUT2D eigenvalue weighted by Gasteiger charge is -2.18. The fourth-order valence-corrected chi connectivity index (χ4v) is 2.35. The highest BCUT2D eigenvalue weighted by Gasteiger charge is 2.36. The summed E-state index contributed by atoms with van der Waals surface area (Å²) in [5.74, 6) is -0.464. The maximum absolute atomic E-state index is 12.1. The molecule has 122 valence electrons. The summed E-state index contributed by atoms with van der Waals surface area (Å²) in [6, 6.07) is 2.95. The van der Waals surface area contributed by atoms with Crippen molar-refractivity contribution in [2.45, 2.75) is 32.2 Å². The van der Waals surface area contributed by atoms with Crippen molar-refractivity contribution in [2.75, 3.05) is 6.61 Å². The first kappa shape index (κ1) is 19.5. The fourth-order valence-electron chi connectivity index (χ4n) is 1.37. The number of alkyl halides is 1. The van der Waals surface area contributed by atoms with Gasteiger partial charge in [-0.2, -0.15) is 10.2 Å². The van der Waals surface area contributed by atoms with Crippen molar-refractivity contribution >= 4 is 58.1 Å². The lowest BCUT2D eigenvalue weighted by molar-refractivity contribution is -0.148. The number of ether oxygens (including phenoxy) is 1. The summed E-state index contributed by atoms with van der Waals surface area (Å²) in [6.45, 7) is 5.80. The summed E-state index contributed by atoms with van der Waals surface area (Å²) >= 11 is 24.0. The lowest BCUT2D eigenvalue weighted by atomic mass is 10.2. The van der Waals surface area contributed by atoms with Gasteiger partial charge in [-0.15, -0.1) is 0 Å². The topological polar surface area (TPSA) is 51.0 Å². The van der Waals surface area contributed by atoms with Crippen LogP contribution < -0.4 is 0 Å². The van der Waals surface area contributed by atoms with E-state index in [2.05, 4.69) is 10.2 Å². The highest BCUT2D eigenvalue weighted by molar-refractivity contribution is 6.41. The summed E-state index contributed by atoms with van der Waals surface area (Å²) in [6.07, 6.45) is 0.206. The Hall–Kier alpha value is -0.550. The van der Waals surface area contributed by atoms with Crippen LogP contribution in [0.2, 0.25) is 15.1 Å². The normalized spacial score (nSPS) is 14.4. The number of hydrogen-bond donors (Lipinski definition) is 0. The van der Waals surface area contributed by atoms with Crippen LogP contribution in [0, 0.1) is 5.92 Å². The van der Waals surface area contributed by atoms with Crippen molar-refractivity contribution in [2.24, 2.45) is 16.1 Å². The number of nitrogens with zero attached hydrogens (tertiary/aromatic N) is 2. The van der Waals surface area contributed by atoms with E-state index in [4.69, 9.17) is 51.1 Å². The Bertz CT molecular complexity index is 555. The van der Waals surface area contributed by atoms with E-state index in [1.54, 1.807) is 6.92 Å². The molecule has 8 heteroatoms. The largest absolute Gasteiger partial charge is 0.463 e. The van der Waals surface area contributed by atoms with E-state index in [0.29, 0.717) is 5.02 Å². The molecule has 0 aliphatic heterocycles. The number of benzene rings is 1. The summed E-state index contributed by atoms with van der Waals surface area (Å²) in [5, 5.41) is 8.59. The first-order chi connectivity index (χ1) is 10.2. The standard InChI is InChI=1S/C14H16Cl4N2O2/c1-4-14(18,13(21)22-7-8(2)3)20-19-12-10(16)5-9(15)6-11(12)17/h5-6,8H,4,7H2,1-3H3/b20-19+. The molecule has 0 bridgehead atoms. The average molecular weight is 386 g/mol. The summed E-state index contributed by atoms with van der Waals surface area (Å²) in [4.78, 5) is 10.4. The summed E-state index contributed by atoms with van der Waals surface area (Å²) in [7, 11) is 0. The molecule has 0 amide bonds. The van der Waals surface area contributed by atoms with E-state index in [1.807, 2.05) is 13.8 Å². The lowest BCUT2D eigenvalue weighted by Crippen LogP contribution is -2.32. The second kappa shape index (κ2) is 8.34. The van der Waals surface area contributed by atoms with Crippen molar-refractivity contribution in [3.63, 3.8) is 0 Å². The highest BCUT2D eigenvalue weighted by Crippen LogP contribution is 2.37. The van der Waals surface area contributed by atoms with Crippen LogP contribution in [0.3, 0.4) is 0 Å². The number of carbonyl (C=O) groups is 1. The van der Waals surface area contributed by atoms with Gasteiger partial charge in [-0.25, -0.2) is 4.79 Å². The quantitative estimate of drug-likeness (QED) is 0.250. The molecule has 0 N–H and O–H groups in total. The van der Waals surface area contributed by atoms with Crippen molar-refractivity contribution in [3.05, 3.63) is 27.2 Å². The molecule has 1 atom stereocenters. The van der Waals surface area contributed by atoms with Crippen LogP contribution in [0.15, 0.2) is 22.4 Å². The van der Waals surface area contributed by atoms with Gasteiger partial charge in [0.2, 0.25) is 0 Å². The van der Waals surface area contributed by atoms with Crippen LogP contribution >= 0.6 is 46.4 Å². The van der Waals surface area contributed by atoms with Crippen molar-refractivity contribution < 1.29 is 9.53 Å². The van der Waals surface area contributed by atoms with Crippen molar-refractivity contribution in [3.8, 4) is 0 Å². The minimum absolute atomic E-state index is 0.193. The maximum atomic E-state index is 12.1. The molecule has 1 rings (SSSR count). The zero-order valence-corrected chi connectivity index (χ0v) is 15.4. The Morgan fingerprint density at radius 1 is 1.27 bits per heavy atom. The molecule has 0 spiro atoms. The van der Waals surface area contributed by atoms with Crippen LogP contribution in [0.4, 0.5) is 5.69 Å². The van der Waals surface area contributed by atoms with E-state index in [1.165, 1.54) is 12.1 Å². The van der Waals surface area contributed by atoms with Crippen molar-refractivity contribution in [1.29, 1.82) is 0 Å². The van der Waals surface area contributed by atoms with E-state index in [0.717, 1.165) is 0 Å². The number of hydrogen-bond acceptors (Lipinski definition) is 4. The van der Waals surface area contributed by atoms with Gasteiger partial charge in [0.15, 0.2) is 0 Å². The van der Waals surface area contributed by atoms with Gasteiger partial charge >= 0.3 is 5.97 Å². The molecule has 1 aromatic carbocycles. The molecule has 0 saturated heterocycles. The molecule has 1 unspecified atom stereocenters. The number of esters is 1. The van der Waals surface area contributed by atoms with Crippen LogP contribution in [0.25, 0.3) is 0 Å². The molecule has 0 aromatic heterocycles. The SMILES string of the molecule is CCC(Cl)(/N=N/c1c(Cl)cc(Cl)cc1Cl)C(=O)OCC(C)C. The molecule has 0 radical (unpaired) electrons. The van der Waals surface area contributed by atoms with E-state index < -0.39 is 11.0 Å². The Morgan fingerprint density at radius 3 is 2.27 bits per heavy atom. The molecular weight excluding hydrogens is 370 g/mol. The Balaban J connectivity index is 3.00. The molecule has 0 saturated carbocycles. The minimum atomic E-state index is -1.61. The number of rotatable bonds is 6. The average Bonchev–Trinajstić information content (AvgIpc) is 2.43. The van der Waals surface area contributed by atoms with Gasteiger partial charge in [0.1, 0.15) is 5.69 Å². The van der Waals surface area contributed by atoms with Crippen LogP contribution in [-0.2, 0) is 9.53 Å². The van der Waals surface area contributed by atoms with Gasteiger partial charge in [-0.3, -0.25) is 0 Å². The van der Waals surface area contributed by atoms with Gasteiger partial charge in [0.05, 0.1) is 16.7 Å². The zero-order chi connectivity index (χ0) is 16.9. The first-order valence-corrected chi connectivity index (χ1v) is 8.14. The van der Waals surface area contributed by atoms with Crippen molar-refractivity contribution in [1.82, 2.24) is 0 Å². The monoisotopic (exact) mass is 384 g/mol. The third-order valence-corrected chi connectivity index (χ3v) is 3.91. The van der Waals surface area contributed by atoms with Crippen LogP contribution in [0.1, 0.15) is 27.2 Å². The molecule has 1 aromatic rings. The van der Waals surface area contributed by atoms with Gasteiger partial charge in [-0.1, -0.05) is 67.2 Å². The molecular formula is C14H16Cl4N2O2. The number of carbonyl (C=O) groups excluding carboxylic acids is 1. The first-order valence-electron chi connectivity index (χ1n) is 6.63. The highest BCUT2D eigenvalue weighted by atomic mass is 35.5. The second-order valence-electron chi connectivity index (χ2n) is 5.02. The minimum Gasteiger partial charge on any atom is -0.463 e. The number of halogens is 4. The Morgan fingerprint density at radius 2 is 1.82 bits per heavy atom. The molecule has 0 fully saturated rings. The van der Waals surface area contributed by atoms with Gasteiger partial charge in [0, 0.05) is 5.02 Å². The predicted molar refractivity (Wildman–Crippen MR) is 90.7 cm³/mol. The third kappa shape index (κ3) is 5.27. The molecule has 4 nitrogen and oxygen atoms in total. The molecule has 0 aliphatic rings. The fraction of sp³-hybridized carbons (Fsp3) is 0.500. The summed E-state index contributed by atoms with van der Waals surface area (Å²) in [5.41, 5.74) is 0.197. The molecule has 22 heavy (non-hydrogen) atoms. The summed E-state index contributed by atoms with van der Waals surface area (Å²) < 4.78 is 5.12. The number of azo groups is 1. The second-order valence-corrected chi connectivity index (χ2v) is 6.90. The third-order valence-electron chi connectivity index (χ3n) is 2.62. The molecule has 0 heterocycles. The van der Waals surface area contributed by atoms with Gasteiger partial charge in [-0.05, 0) is 24.5 Å². The van der Waals surface area contributed by atoms with Crippen LogP contribution in [-0.4, -0.2) is 17.6 Å². The van der Waals surface area contributed by atoms with Crippen LogP contribution in [0.5, 0.6) is 0 Å². The zero-order valence-electron chi connectivity index (χ0n) is 12.4. The van der Waals surface area contributed by atoms with E-state index >= 15 is 0 Å². The Labute approximate surface area is 149 Å². The van der Waals surface area contributed by atoms with Gasteiger partial charge < -0.3 is 4.74 Å².